The monoisotopic (exact) mass is 399 g/mol. The first kappa shape index (κ1) is 20.8. The molecule has 0 aliphatic carbocycles. The molecule has 2 aromatic rings. The van der Waals surface area contributed by atoms with Gasteiger partial charge >= 0.3 is 6.09 Å². The molecule has 3 rings (SSSR count). The van der Waals surface area contributed by atoms with Crippen LogP contribution < -0.4 is 5.32 Å². The first-order valence-corrected chi connectivity index (χ1v) is 9.91. The average molecular weight is 399 g/mol. The number of aromatic nitrogens is 3. The fourth-order valence-corrected chi connectivity index (χ4v) is 3.34. The van der Waals surface area contributed by atoms with Gasteiger partial charge < -0.3 is 15.0 Å². The second-order valence-corrected chi connectivity index (χ2v) is 8.47. The molecule has 1 aliphatic rings. The quantitative estimate of drug-likeness (QED) is 0.854. The Balaban J connectivity index is 1.53. The number of likely N-dealkylation sites (tertiary alicyclic amines) is 1. The van der Waals surface area contributed by atoms with E-state index in [9.17, 15) is 9.59 Å². The number of nitrogens with zero attached hydrogens (tertiary/aromatic N) is 4. The fraction of sp³-hybridized carbons (Fsp3) is 0.524. The highest BCUT2D eigenvalue weighted by atomic mass is 16.6. The SMILES string of the molecule is Cc1cc(C)n(-c2ccc(NC(=O)C3CCN(C(=O)OC(C)(C)C)CC3)cn2)n1. The first-order chi connectivity index (χ1) is 13.6. The van der Waals surface area contributed by atoms with Gasteiger partial charge in [0.2, 0.25) is 5.91 Å². The molecule has 0 saturated carbocycles. The van der Waals surface area contributed by atoms with Gasteiger partial charge in [0.15, 0.2) is 5.82 Å². The fourth-order valence-electron chi connectivity index (χ4n) is 3.34. The van der Waals surface area contributed by atoms with Gasteiger partial charge in [-0.15, -0.1) is 0 Å². The number of amides is 2. The van der Waals surface area contributed by atoms with Gasteiger partial charge in [-0.05, 0) is 65.7 Å². The predicted octanol–water partition coefficient (Wildman–Crippen LogP) is 3.47. The average Bonchev–Trinajstić information content (AvgIpc) is 2.99. The Morgan fingerprint density at radius 1 is 1.17 bits per heavy atom. The summed E-state index contributed by atoms with van der Waals surface area (Å²) in [5.41, 5.74) is 2.07. The molecule has 0 radical (unpaired) electrons. The van der Waals surface area contributed by atoms with Gasteiger partial charge in [0.25, 0.3) is 0 Å². The summed E-state index contributed by atoms with van der Waals surface area (Å²) < 4.78 is 7.17. The number of aryl methyl sites for hydroxylation is 2. The lowest BCUT2D eigenvalue weighted by Crippen LogP contribution is -2.43. The van der Waals surface area contributed by atoms with Crippen molar-refractivity contribution in [3.8, 4) is 5.82 Å². The molecule has 0 aromatic carbocycles. The molecule has 2 amide bonds. The van der Waals surface area contributed by atoms with E-state index in [0.29, 0.717) is 37.4 Å². The van der Waals surface area contributed by atoms with E-state index in [1.165, 1.54) is 0 Å². The van der Waals surface area contributed by atoms with Crippen LogP contribution in [0.15, 0.2) is 24.4 Å². The van der Waals surface area contributed by atoms with E-state index in [-0.39, 0.29) is 17.9 Å². The van der Waals surface area contributed by atoms with Crippen LogP contribution in [0.4, 0.5) is 10.5 Å². The Morgan fingerprint density at radius 2 is 1.86 bits per heavy atom. The summed E-state index contributed by atoms with van der Waals surface area (Å²) >= 11 is 0. The van der Waals surface area contributed by atoms with Crippen molar-refractivity contribution in [2.24, 2.45) is 5.92 Å². The van der Waals surface area contributed by atoms with E-state index in [2.05, 4.69) is 15.4 Å². The molecule has 8 heteroatoms. The van der Waals surface area contributed by atoms with Crippen LogP contribution in [-0.4, -0.2) is 50.4 Å². The van der Waals surface area contributed by atoms with Crippen LogP contribution >= 0.6 is 0 Å². The molecule has 1 aliphatic heterocycles. The lowest BCUT2D eigenvalue weighted by Gasteiger charge is -2.32. The maximum absolute atomic E-state index is 12.6. The number of hydrogen-bond acceptors (Lipinski definition) is 5. The van der Waals surface area contributed by atoms with Gasteiger partial charge in [0, 0.05) is 24.7 Å². The smallest absolute Gasteiger partial charge is 0.410 e. The second-order valence-electron chi connectivity index (χ2n) is 8.47. The zero-order valence-electron chi connectivity index (χ0n) is 17.7. The van der Waals surface area contributed by atoms with Crippen molar-refractivity contribution in [1.29, 1.82) is 0 Å². The second kappa shape index (κ2) is 8.23. The third-order valence-corrected chi connectivity index (χ3v) is 4.76. The Labute approximate surface area is 171 Å². The minimum atomic E-state index is -0.516. The van der Waals surface area contributed by atoms with Crippen molar-refractivity contribution < 1.29 is 14.3 Å². The Morgan fingerprint density at radius 3 is 2.38 bits per heavy atom. The topological polar surface area (TPSA) is 89.4 Å². The molecule has 0 atom stereocenters. The van der Waals surface area contributed by atoms with Crippen molar-refractivity contribution in [1.82, 2.24) is 19.7 Å². The molecule has 0 spiro atoms. The molecule has 1 fully saturated rings. The maximum atomic E-state index is 12.6. The number of anilines is 1. The Bertz CT molecular complexity index is 875. The number of pyridine rings is 1. The number of carbonyl (C=O) groups is 2. The lowest BCUT2D eigenvalue weighted by atomic mass is 9.96. The van der Waals surface area contributed by atoms with Gasteiger partial charge in [-0.25, -0.2) is 14.5 Å². The van der Waals surface area contributed by atoms with Crippen molar-refractivity contribution in [3.05, 3.63) is 35.8 Å². The summed E-state index contributed by atoms with van der Waals surface area (Å²) in [4.78, 5) is 30.8. The van der Waals surface area contributed by atoms with Crippen molar-refractivity contribution in [2.75, 3.05) is 18.4 Å². The Kier molecular flexibility index (Phi) is 5.91. The number of hydrogen-bond donors (Lipinski definition) is 1. The standard InChI is InChI=1S/C21H29N5O3/c1-14-12-15(2)26(24-14)18-7-6-17(13-22-18)23-19(27)16-8-10-25(11-9-16)20(28)29-21(3,4)5/h6-7,12-13,16H,8-11H2,1-5H3,(H,23,27). The van der Waals surface area contributed by atoms with E-state index in [1.54, 1.807) is 15.8 Å². The van der Waals surface area contributed by atoms with Crippen molar-refractivity contribution in [3.63, 3.8) is 0 Å². The van der Waals surface area contributed by atoms with E-state index in [1.807, 2.05) is 52.8 Å². The summed E-state index contributed by atoms with van der Waals surface area (Å²) in [6, 6.07) is 5.65. The number of ether oxygens (including phenoxy) is 1. The number of carbonyl (C=O) groups excluding carboxylic acids is 2. The minimum absolute atomic E-state index is 0.0468. The molecular weight excluding hydrogens is 370 g/mol. The highest BCUT2D eigenvalue weighted by Gasteiger charge is 2.30. The molecule has 0 bridgehead atoms. The molecular formula is C21H29N5O3. The maximum Gasteiger partial charge on any atom is 0.410 e. The van der Waals surface area contributed by atoms with Crippen molar-refractivity contribution in [2.45, 2.75) is 53.1 Å². The normalized spacial score (nSPS) is 15.3. The zero-order valence-corrected chi connectivity index (χ0v) is 17.7. The van der Waals surface area contributed by atoms with Crippen LogP contribution in [0.2, 0.25) is 0 Å². The molecule has 1 N–H and O–H groups in total. The van der Waals surface area contributed by atoms with Gasteiger partial charge in [-0.2, -0.15) is 5.10 Å². The third kappa shape index (κ3) is 5.34. The van der Waals surface area contributed by atoms with E-state index < -0.39 is 5.60 Å². The van der Waals surface area contributed by atoms with E-state index in [4.69, 9.17) is 4.74 Å². The van der Waals surface area contributed by atoms with E-state index >= 15 is 0 Å². The van der Waals surface area contributed by atoms with Gasteiger partial charge in [0.1, 0.15) is 5.60 Å². The lowest BCUT2D eigenvalue weighted by molar-refractivity contribution is -0.121. The Hall–Kier alpha value is -2.90. The van der Waals surface area contributed by atoms with Crippen molar-refractivity contribution >= 4 is 17.7 Å². The first-order valence-electron chi connectivity index (χ1n) is 9.91. The van der Waals surface area contributed by atoms with Gasteiger partial charge in [0.05, 0.1) is 17.6 Å². The molecule has 0 unspecified atom stereocenters. The molecule has 1 saturated heterocycles. The molecule has 156 valence electrons. The number of nitrogens with one attached hydrogen (secondary N) is 1. The highest BCUT2D eigenvalue weighted by Crippen LogP contribution is 2.21. The summed E-state index contributed by atoms with van der Waals surface area (Å²) in [5.74, 6) is 0.526. The van der Waals surface area contributed by atoms with Crippen LogP contribution in [0.25, 0.3) is 5.82 Å². The van der Waals surface area contributed by atoms with Crippen LogP contribution in [0.3, 0.4) is 0 Å². The molecule has 29 heavy (non-hydrogen) atoms. The van der Waals surface area contributed by atoms with Gasteiger partial charge in [-0.1, -0.05) is 0 Å². The largest absolute Gasteiger partial charge is 0.444 e. The highest BCUT2D eigenvalue weighted by molar-refractivity contribution is 5.92. The molecule has 3 heterocycles. The van der Waals surface area contributed by atoms with Crippen LogP contribution in [0, 0.1) is 19.8 Å². The summed E-state index contributed by atoms with van der Waals surface area (Å²) in [6.45, 7) is 10.5. The number of piperidine rings is 1. The predicted molar refractivity (Wildman–Crippen MR) is 110 cm³/mol. The zero-order chi connectivity index (χ0) is 21.2. The van der Waals surface area contributed by atoms with Crippen LogP contribution in [0.5, 0.6) is 0 Å². The summed E-state index contributed by atoms with van der Waals surface area (Å²) in [5, 5.41) is 7.34. The third-order valence-electron chi connectivity index (χ3n) is 4.76. The van der Waals surface area contributed by atoms with Crippen LogP contribution in [-0.2, 0) is 9.53 Å². The van der Waals surface area contributed by atoms with Crippen LogP contribution in [0.1, 0.15) is 45.0 Å². The molecule has 8 nitrogen and oxygen atoms in total. The van der Waals surface area contributed by atoms with Gasteiger partial charge in [-0.3, -0.25) is 4.79 Å². The van der Waals surface area contributed by atoms with E-state index in [0.717, 1.165) is 11.4 Å². The summed E-state index contributed by atoms with van der Waals surface area (Å²) in [6.07, 6.45) is 2.55. The summed E-state index contributed by atoms with van der Waals surface area (Å²) in [7, 11) is 0. The number of rotatable bonds is 3. The molecule has 2 aromatic heterocycles. The minimum Gasteiger partial charge on any atom is -0.444 e.